The molecule has 5 heteroatoms. The van der Waals surface area contributed by atoms with E-state index in [1.165, 1.54) is 11.8 Å². The Morgan fingerprint density at radius 3 is 2.82 bits per heavy atom. The van der Waals surface area contributed by atoms with Crippen molar-refractivity contribution in [3.8, 4) is 0 Å². The second kappa shape index (κ2) is 5.25. The maximum atomic E-state index is 11.8. The average Bonchev–Trinajstić information content (AvgIpc) is 2.73. The molecule has 0 aliphatic carbocycles. The number of thioether (sulfide) groups is 1. The van der Waals surface area contributed by atoms with Crippen LogP contribution in [0.3, 0.4) is 0 Å². The van der Waals surface area contributed by atoms with Gasteiger partial charge in [-0.1, -0.05) is 42.1 Å². The molecular weight excluding hydrogens is 236 g/mol. The number of nitrogens with two attached hydrogens (primary N) is 1. The van der Waals surface area contributed by atoms with Crippen molar-refractivity contribution in [2.24, 2.45) is 5.73 Å². The number of carbonyl (C=O) groups excluding carboxylic acids is 1. The highest BCUT2D eigenvalue weighted by atomic mass is 32.2. The Morgan fingerprint density at radius 1 is 1.47 bits per heavy atom. The minimum absolute atomic E-state index is 0.301. The minimum Gasteiger partial charge on any atom is -0.462 e. The molecule has 0 fully saturated rings. The molecule has 90 valence electrons. The quantitative estimate of drug-likeness (QED) is 0.796. The smallest absolute Gasteiger partial charge is 0.346 e. The van der Waals surface area contributed by atoms with Crippen molar-refractivity contribution in [2.75, 3.05) is 6.61 Å². The maximum Gasteiger partial charge on any atom is 0.346 e. The van der Waals surface area contributed by atoms with E-state index in [1.807, 2.05) is 30.3 Å². The predicted molar refractivity (Wildman–Crippen MR) is 68.7 cm³/mol. The fourth-order valence-corrected chi connectivity index (χ4v) is 2.47. The lowest BCUT2D eigenvalue weighted by molar-refractivity contribution is -0.137. The molecule has 1 heterocycles. The largest absolute Gasteiger partial charge is 0.462 e. The summed E-state index contributed by atoms with van der Waals surface area (Å²) in [4.78, 5) is 12.3. The lowest BCUT2D eigenvalue weighted by atomic mass is 10.1. The van der Waals surface area contributed by atoms with Crippen LogP contribution in [0.1, 0.15) is 12.5 Å². The number of carbonyl (C=O) groups is 1. The summed E-state index contributed by atoms with van der Waals surface area (Å²) < 4.78 is 5.01. The topological polar surface area (TPSA) is 64.3 Å². The third kappa shape index (κ3) is 2.62. The number of benzene rings is 1. The summed E-state index contributed by atoms with van der Waals surface area (Å²) in [6.07, 6.45) is 0. The van der Waals surface area contributed by atoms with E-state index in [-0.39, 0.29) is 11.5 Å². The molecule has 2 rings (SSSR count). The molecule has 0 spiro atoms. The summed E-state index contributed by atoms with van der Waals surface area (Å²) in [7, 11) is 0. The SMILES string of the molecule is CCOC(=O)C1=C(c2ccccc2)NC(N)S1. The Kier molecular flexibility index (Phi) is 3.71. The third-order valence-corrected chi connectivity index (χ3v) is 3.26. The van der Waals surface area contributed by atoms with Crippen LogP contribution in [0.15, 0.2) is 35.2 Å². The van der Waals surface area contributed by atoms with Gasteiger partial charge in [-0.3, -0.25) is 0 Å². The molecule has 1 aromatic rings. The van der Waals surface area contributed by atoms with E-state index in [0.717, 1.165) is 11.3 Å². The molecular formula is C12H14N2O2S. The highest BCUT2D eigenvalue weighted by molar-refractivity contribution is 8.05. The number of nitrogens with one attached hydrogen (secondary N) is 1. The summed E-state index contributed by atoms with van der Waals surface area (Å²) >= 11 is 1.29. The summed E-state index contributed by atoms with van der Waals surface area (Å²) in [5.74, 6) is -0.322. The van der Waals surface area contributed by atoms with Gasteiger partial charge in [-0.25, -0.2) is 4.79 Å². The van der Waals surface area contributed by atoms with Gasteiger partial charge in [0.15, 0.2) is 0 Å². The number of rotatable bonds is 3. The molecule has 3 N–H and O–H groups in total. The van der Waals surface area contributed by atoms with E-state index in [4.69, 9.17) is 10.5 Å². The van der Waals surface area contributed by atoms with Gasteiger partial charge < -0.3 is 15.8 Å². The van der Waals surface area contributed by atoms with Crippen LogP contribution < -0.4 is 11.1 Å². The van der Waals surface area contributed by atoms with Crippen molar-refractivity contribution < 1.29 is 9.53 Å². The molecule has 1 aromatic carbocycles. The van der Waals surface area contributed by atoms with Crippen LogP contribution >= 0.6 is 11.8 Å². The third-order valence-electron chi connectivity index (χ3n) is 2.28. The molecule has 0 radical (unpaired) electrons. The van der Waals surface area contributed by atoms with Crippen molar-refractivity contribution in [2.45, 2.75) is 12.4 Å². The molecule has 0 aromatic heterocycles. The first-order valence-electron chi connectivity index (χ1n) is 5.38. The van der Waals surface area contributed by atoms with Gasteiger partial charge in [0.25, 0.3) is 0 Å². The Hall–Kier alpha value is -1.46. The van der Waals surface area contributed by atoms with Gasteiger partial charge in [0.1, 0.15) is 10.4 Å². The van der Waals surface area contributed by atoms with Crippen LogP contribution in [0.2, 0.25) is 0 Å². The Morgan fingerprint density at radius 2 is 2.18 bits per heavy atom. The minimum atomic E-state index is -0.322. The number of hydrogen-bond acceptors (Lipinski definition) is 5. The van der Waals surface area contributed by atoms with E-state index in [9.17, 15) is 4.79 Å². The van der Waals surface area contributed by atoms with Crippen molar-refractivity contribution in [3.63, 3.8) is 0 Å². The van der Waals surface area contributed by atoms with Gasteiger partial charge in [0, 0.05) is 0 Å². The lowest BCUT2D eigenvalue weighted by Crippen LogP contribution is -2.28. The number of hydrogen-bond donors (Lipinski definition) is 2. The second-order valence-corrected chi connectivity index (χ2v) is 4.63. The maximum absolute atomic E-state index is 11.8. The van der Waals surface area contributed by atoms with E-state index >= 15 is 0 Å². The zero-order valence-corrected chi connectivity index (χ0v) is 10.3. The predicted octanol–water partition coefficient (Wildman–Crippen LogP) is 1.50. The summed E-state index contributed by atoms with van der Waals surface area (Å²) in [5.41, 5.74) is 7.18. The molecule has 0 bridgehead atoms. The molecule has 1 aliphatic rings. The van der Waals surface area contributed by atoms with Crippen LogP contribution in [0, 0.1) is 0 Å². The fourth-order valence-electron chi connectivity index (χ4n) is 1.59. The first-order valence-corrected chi connectivity index (χ1v) is 6.26. The first-order chi connectivity index (χ1) is 8.22. The van der Waals surface area contributed by atoms with Crippen LogP contribution in [0.4, 0.5) is 0 Å². The molecule has 1 aliphatic heterocycles. The van der Waals surface area contributed by atoms with Gasteiger partial charge in [-0.05, 0) is 12.5 Å². The Bertz CT molecular complexity index is 445. The van der Waals surface area contributed by atoms with Crippen molar-refractivity contribution in [1.82, 2.24) is 5.32 Å². The molecule has 0 saturated carbocycles. The zero-order chi connectivity index (χ0) is 12.3. The Balaban J connectivity index is 2.33. The van der Waals surface area contributed by atoms with Gasteiger partial charge in [0.2, 0.25) is 0 Å². The summed E-state index contributed by atoms with van der Waals surface area (Å²) in [5, 5.41) is 3.08. The molecule has 4 nitrogen and oxygen atoms in total. The van der Waals surface area contributed by atoms with Gasteiger partial charge in [-0.15, -0.1) is 0 Å². The fraction of sp³-hybridized carbons (Fsp3) is 0.250. The van der Waals surface area contributed by atoms with E-state index < -0.39 is 0 Å². The van der Waals surface area contributed by atoms with Gasteiger partial charge >= 0.3 is 5.97 Å². The molecule has 1 atom stereocenters. The average molecular weight is 250 g/mol. The first kappa shape index (κ1) is 12.0. The highest BCUT2D eigenvalue weighted by Crippen LogP contribution is 2.33. The highest BCUT2D eigenvalue weighted by Gasteiger charge is 2.28. The molecule has 0 amide bonds. The molecule has 0 saturated heterocycles. The Labute approximate surface area is 104 Å². The number of ether oxygens (including phenoxy) is 1. The van der Waals surface area contributed by atoms with Crippen molar-refractivity contribution in [1.29, 1.82) is 0 Å². The van der Waals surface area contributed by atoms with Crippen molar-refractivity contribution in [3.05, 3.63) is 40.8 Å². The number of esters is 1. The van der Waals surface area contributed by atoms with Crippen LogP contribution in [-0.4, -0.2) is 18.1 Å². The van der Waals surface area contributed by atoms with E-state index in [1.54, 1.807) is 6.92 Å². The van der Waals surface area contributed by atoms with Gasteiger partial charge in [0.05, 0.1) is 12.3 Å². The molecule has 17 heavy (non-hydrogen) atoms. The zero-order valence-electron chi connectivity index (χ0n) is 9.47. The normalized spacial score (nSPS) is 19.1. The van der Waals surface area contributed by atoms with Crippen molar-refractivity contribution >= 4 is 23.4 Å². The van der Waals surface area contributed by atoms with E-state index in [0.29, 0.717) is 11.5 Å². The van der Waals surface area contributed by atoms with Crippen LogP contribution in [0.5, 0.6) is 0 Å². The standard InChI is InChI=1S/C12H14N2O2S/c1-2-16-11(15)10-9(14-12(13)17-10)8-6-4-3-5-7-8/h3-7,12,14H,2,13H2,1H3. The molecule has 1 unspecified atom stereocenters. The monoisotopic (exact) mass is 250 g/mol. The lowest BCUT2D eigenvalue weighted by Gasteiger charge is -2.07. The van der Waals surface area contributed by atoms with Crippen LogP contribution in [0.25, 0.3) is 5.70 Å². The second-order valence-electron chi connectivity index (χ2n) is 3.47. The summed E-state index contributed by atoms with van der Waals surface area (Å²) in [6.45, 7) is 2.15. The van der Waals surface area contributed by atoms with E-state index in [2.05, 4.69) is 5.32 Å². The van der Waals surface area contributed by atoms with Gasteiger partial charge in [-0.2, -0.15) is 0 Å². The summed E-state index contributed by atoms with van der Waals surface area (Å²) in [6, 6.07) is 9.62. The van der Waals surface area contributed by atoms with Crippen LogP contribution in [-0.2, 0) is 9.53 Å².